The van der Waals surface area contributed by atoms with E-state index in [4.69, 9.17) is 9.15 Å². The predicted molar refractivity (Wildman–Crippen MR) is 54.2 cm³/mol. The van der Waals surface area contributed by atoms with E-state index < -0.39 is 0 Å². The van der Waals surface area contributed by atoms with Gasteiger partial charge in [-0.05, 0) is 25.0 Å². The number of ether oxygens (including phenoxy) is 1. The van der Waals surface area contributed by atoms with Crippen molar-refractivity contribution >= 4 is 5.91 Å². The molecule has 1 aromatic heterocycles. The number of hydrogen-bond donors (Lipinski definition) is 1. The van der Waals surface area contributed by atoms with Gasteiger partial charge in [0.25, 0.3) is 0 Å². The molecule has 1 N–H and O–H groups in total. The second-order valence-corrected chi connectivity index (χ2v) is 3.76. The van der Waals surface area contributed by atoms with Gasteiger partial charge in [0.15, 0.2) is 0 Å². The Morgan fingerprint density at radius 1 is 1.73 bits per heavy atom. The smallest absolute Gasteiger partial charge is 0.223 e. The first-order valence-electron chi connectivity index (χ1n) is 5.15. The Morgan fingerprint density at radius 2 is 2.53 bits per heavy atom. The van der Waals surface area contributed by atoms with Crippen molar-refractivity contribution in [2.24, 2.45) is 5.92 Å². The van der Waals surface area contributed by atoms with E-state index in [0.29, 0.717) is 6.54 Å². The molecule has 0 aromatic carbocycles. The molecule has 0 aliphatic heterocycles. The molecule has 1 heterocycles. The normalized spacial score (nSPS) is 17.4. The van der Waals surface area contributed by atoms with Gasteiger partial charge in [-0.15, -0.1) is 0 Å². The molecule has 4 nitrogen and oxygen atoms in total. The summed E-state index contributed by atoms with van der Waals surface area (Å²) >= 11 is 0. The largest absolute Gasteiger partial charge is 0.467 e. The second kappa shape index (κ2) is 4.49. The monoisotopic (exact) mass is 209 g/mol. The van der Waals surface area contributed by atoms with E-state index in [1.54, 1.807) is 13.4 Å². The average molecular weight is 209 g/mol. The van der Waals surface area contributed by atoms with Crippen LogP contribution in [0.3, 0.4) is 0 Å². The van der Waals surface area contributed by atoms with E-state index in [1.807, 2.05) is 12.1 Å². The van der Waals surface area contributed by atoms with Crippen LogP contribution in [0.1, 0.15) is 24.7 Å². The number of furan rings is 1. The zero-order valence-corrected chi connectivity index (χ0v) is 8.73. The van der Waals surface area contributed by atoms with Crippen molar-refractivity contribution < 1.29 is 13.9 Å². The van der Waals surface area contributed by atoms with Crippen LogP contribution in [0.5, 0.6) is 0 Å². The van der Waals surface area contributed by atoms with Crippen LogP contribution < -0.4 is 5.32 Å². The lowest BCUT2D eigenvalue weighted by Gasteiger charge is -2.13. The third kappa shape index (κ3) is 2.59. The molecular weight excluding hydrogens is 194 g/mol. The van der Waals surface area contributed by atoms with Crippen LogP contribution in [-0.2, 0) is 9.53 Å². The quantitative estimate of drug-likeness (QED) is 0.799. The number of methoxy groups -OCH3 is 1. The van der Waals surface area contributed by atoms with Gasteiger partial charge in [0.1, 0.15) is 11.9 Å². The zero-order chi connectivity index (χ0) is 10.7. The van der Waals surface area contributed by atoms with E-state index in [1.165, 1.54) is 0 Å². The van der Waals surface area contributed by atoms with Gasteiger partial charge >= 0.3 is 0 Å². The first-order chi connectivity index (χ1) is 7.31. The summed E-state index contributed by atoms with van der Waals surface area (Å²) in [5, 5.41) is 2.86. The van der Waals surface area contributed by atoms with Crippen LogP contribution in [0.2, 0.25) is 0 Å². The lowest BCUT2D eigenvalue weighted by Crippen LogP contribution is -2.30. The summed E-state index contributed by atoms with van der Waals surface area (Å²) in [4.78, 5) is 11.4. The van der Waals surface area contributed by atoms with Crippen LogP contribution in [0.25, 0.3) is 0 Å². The van der Waals surface area contributed by atoms with Crippen molar-refractivity contribution in [2.45, 2.75) is 18.9 Å². The van der Waals surface area contributed by atoms with Crippen molar-refractivity contribution in [2.75, 3.05) is 13.7 Å². The molecule has 0 radical (unpaired) electrons. The van der Waals surface area contributed by atoms with E-state index >= 15 is 0 Å². The number of carbonyl (C=O) groups excluding carboxylic acids is 1. The van der Waals surface area contributed by atoms with Crippen molar-refractivity contribution in [3.63, 3.8) is 0 Å². The highest BCUT2D eigenvalue weighted by Gasteiger charge is 2.30. The molecule has 0 saturated heterocycles. The van der Waals surface area contributed by atoms with Crippen LogP contribution >= 0.6 is 0 Å². The summed E-state index contributed by atoms with van der Waals surface area (Å²) in [6.45, 7) is 0.472. The minimum Gasteiger partial charge on any atom is -0.467 e. The fourth-order valence-corrected chi connectivity index (χ4v) is 1.46. The highest BCUT2D eigenvalue weighted by Crippen LogP contribution is 2.29. The summed E-state index contributed by atoms with van der Waals surface area (Å²) in [6.07, 6.45) is 3.45. The van der Waals surface area contributed by atoms with Gasteiger partial charge in [0.05, 0.1) is 12.8 Å². The maximum atomic E-state index is 11.4. The fourth-order valence-electron chi connectivity index (χ4n) is 1.46. The molecule has 2 rings (SSSR count). The topological polar surface area (TPSA) is 51.5 Å². The maximum absolute atomic E-state index is 11.4. The Bertz CT molecular complexity index is 317. The molecular formula is C11H15NO3. The van der Waals surface area contributed by atoms with E-state index in [9.17, 15) is 4.79 Å². The summed E-state index contributed by atoms with van der Waals surface area (Å²) in [5.74, 6) is 1.11. The molecule has 1 atom stereocenters. The van der Waals surface area contributed by atoms with Crippen LogP contribution in [0, 0.1) is 5.92 Å². The third-order valence-electron chi connectivity index (χ3n) is 2.55. The lowest BCUT2D eigenvalue weighted by molar-refractivity contribution is -0.122. The lowest BCUT2D eigenvalue weighted by atomic mass is 10.2. The first-order valence-corrected chi connectivity index (χ1v) is 5.15. The van der Waals surface area contributed by atoms with Gasteiger partial charge in [-0.3, -0.25) is 4.79 Å². The highest BCUT2D eigenvalue weighted by atomic mass is 16.5. The second-order valence-electron chi connectivity index (χ2n) is 3.76. The number of rotatable bonds is 5. The van der Waals surface area contributed by atoms with Gasteiger partial charge in [-0.2, -0.15) is 0 Å². The summed E-state index contributed by atoms with van der Waals surface area (Å²) < 4.78 is 10.5. The summed E-state index contributed by atoms with van der Waals surface area (Å²) in [7, 11) is 1.61. The Kier molecular flexibility index (Phi) is 3.06. The highest BCUT2D eigenvalue weighted by molar-refractivity contribution is 5.80. The number of hydrogen-bond acceptors (Lipinski definition) is 3. The molecule has 1 fully saturated rings. The van der Waals surface area contributed by atoms with Crippen molar-refractivity contribution in [1.29, 1.82) is 0 Å². The molecule has 1 aromatic rings. The average Bonchev–Trinajstić information content (AvgIpc) is 2.97. The van der Waals surface area contributed by atoms with E-state index in [-0.39, 0.29) is 17.9 Å². The molecule has 1 aliphatic rings. The summed E-state index contributed by atoms with van der Waals surface area (Å²) in [5.41, 5.74) is 0. The fraction of sp³-hybridized carbons (Fsp3) is 0.545. The van der Waals surface area contributed by atoms with Crippen molar-refractivity contribution in [3.8, 4) is 0 Å². The van der Waals surface area contributed by atoms with Crippen LogP contribution in [0.15, 0.2) is 22.8 Å². The number of amides is 1. The van der Waals surface area contributed by atoms with Gasteiger partial charge in [0, 0.05) is 13.0 Å². The van der Waals surface area contributed by atoms with Crippen molar-refractivity contribution in [1.82, 2.24) is 5.32 Å². The number of carbonyl (C=O) groups is 1. The Labute approximate surface area is 88.6 Å². The van der Waals surface area contributed by atoms with Crippen LogP contribution in [-0.4, -0.2) is 19.6 Å². The van der Waals surface area contributed by atoms with Gasteiger partial charge in [-0.1, -0.05) is 0 Å². The third-order valence-corrected chi connectivity index (χ3v) is 2.55. The Balaban J connectivity index is 1.83. The Morgan fingerprint density at radius 3 is 3.07 bits per heavy atom. The molecule has 1 amide bonds. The first kappa shape index (κ1) is 10.2. The molecule has 0 unspecified atom stereocenters. The van der Waals surface area contributed by atoms with E-state index in [2.05, 4.69) is 5.32 Å². The minimum absolute atomic E-state index is 0.128. The maximum Gasteiger partial charge on any atom is 0.223 e. The minimum atomic E-state index is -0.192. The van der Waals surface area contributed by atoms with Gasteiger partial charge in [-0.25, -0.2) is 0 Å². The van der Waals surface area contributed by atoms with Gasteiger partial charge in [0.2, 0.25) is 5.91 Å². The molecule has 0 spiro atoms. The molecule has 4 heteroatoms. The number of nitrogens with one attached hydrogen (secondary N) is 1. The molecule has 1 saturated carbocycles. The van der Waals surface area contributed by atoms with Crippen molar-refractivity contribution in [3.05, 3.63) is 24.2 Å². The summed E-state index contributed by atoms with van der Waals surface area (Å²) in [6, 6.07) is 3.65. The molecule has 82 valence electrons. The van der Waals surface area contributed by atoms with Crippen LogP contribution in [0.4, 0.5) is 0 Å². The SMILES string of the molecule is CO[C@@H](CNC(=O)C1CC1)c1ccco1. The Hall–Kier alpha value is -1.29. The molecule has 1 aliphatic carbocycles. The standard InChI is InChI=1S/C11H15NO3/c1-14-10(9-3-2-6-15-9)7-12-11(13)8-4-5-8/h2-3,6,8,10H,4-5,7H2,1H3,(H,12,13)/t10-/m0/s1. The molecule has 15 heavy (non-hydrogen) atoms. The molecule has 0 bridgehead atoms. The van der Waals surface area contributed by atoms with Gasteiger partial charge < -0.3 is 14.5 Å². The zero-order valence-electron chi connectivity index (χ0n) is 8.73. The van der Waals surface area contributed by atoms with E-state index in [0.717, 1.165) is 18.6 Å². The predicted octanol–water partition coefficient (Wildman–Crippen LogP) is 1.49.